The van der Waals surface area contributed by atoms with Gasteiger partial charge in [-0.05, 0) is 29.5 Å². The van der Waals surface area contributed by atoms with Crippen molar-refractivity contribution in [2.24, 2.45) is 0 Å². The first-order valence-corrected chi connectivity index (χ1v) is 6.81. The van der Waals surface area contributed by atoms with E-state index in [4.69, 9.17) is 4.98 Å². The molecule has 20 heavy (non-hydrogen) atoms. The van der Waals surface area contributed by atoms with Gasteiger partial charge < -0.3 is 0 Å². The molecule has 0 atom stereocenters. The summed E-state index contributed by atoms with van der Waals surface area (Å²) in [5, 5.41) is 7.51. The highest BCUT2D eigenvalue weighted by atomic mass is 16.1. The molecule has 0 aliphatic rings. The Morgan fingerprint density at radius 1 is 1.35 bits per heavy atom. The quantitative estimate of drug-likeness (QED) is 0.738. The predicted molar refractivity (Wildman–Crippen MR) is 79.2 cm³/mol. The Hall–Kier alpha value is -2.17. The van der Waals surface area contributed by atoms with Crippen LogP contribution in [0.1, 0.15) is 39.0 Å². The maximum Gasteiger partial charge on any atom is 0.347 e. The number of hydrogen-bond acceptors (Lipinski definition) is 3. The molecule has 0 saturated carbocycles. The summed E-state index contributed by atoms with van der Waals surface area (Å²) in [4.78, 5) is 16.4. The SMILES string of the molecule is CCc1nc2ccn3c(=O)[nH]nc3c2cc1C(C)(C)C. The minimum absolute atomic E-state index is 0.00989. The summed E-state index contributed by atoms with van der Waals surface area (Å²) in [6.45, 7) is 8.63. The lowest BCUT2D eigenvalue weighted by Crippen LogP contribution is -2.15. The van der Waals surface area contributed by atoms with Gasteiger partial charge in [0.05, 0.1) is 5.52 Å². The number of aryl methyl sites for hydroxylation is 1. The molecule has 5 nitrogen and oxygen atoms in total. The zero-order chi connectivity index (χ0) is 14.5. The minimum Gasteiger partial charge on any atom is -0.252 e. The van der Waals surface area contributed by atoms with Crippen molar-refractivity contribution in [1.82, 2.24) is 19.6 Å². The third-order valence-corrected chi connectivity index (χ3v) is 3.60. The largest absolute Gasteiger partial charge is 0.347 e. The molecule has 0 bridgehead atoms. The number of fused-ring (bicyclic) bond motifs is 3. The normalized spacial score (nSPS) is 12.4. The monoisotopic (exact) mass is 270 g/mol. The molecule has 0 aliphatic carbocycles. The van der Waals surface area contributed by atoms with Gasteiger partial charge >= 0.3 is 5.69 Å². The van der Waals surface area contributed by atoms with E-state index in [1.807, 2.05) is 6.07 Å². The van der Waals surface area contributed by atoms with Crippen molar-refractivity contribution < 1.29 is 0 Å². The zero-order valence-electron chi connectivity index (χ0n) is 12.2. The molecule has 0 unspecified atom stereocenters. The summed E-state index contributed by atoms with van der Waals surface area (Å²) >= 11 is 0. The highest BCUT2D eigenvalue weighted by molar-refractivity contribution is 5.91. The van der Waals surface area contributed by atoms with E-state index in [0.29, 0.717) is 5.65 Å². The molecule has 0 aliphatic heterocycles. The van der Waals surface area contributed by atoms with Crippen LogP contribution in [-0.2, 0) is 11.8 Å². The maximum atomic E-state index is 11.7. The molecule has 5 heteroatoms. The van der Waals surface area contributed by atoms with E-state index in [-0.39, 0.29) is 11.1 Å². The Morgan fingerprint density at radius 2 is 2.10 bits per heavy atom. The van der Waals surface area contributed by atoms with Crippen LogP contribution in [0.25, 0.3) is 16.6 Å². The van der Waals surface area contributed by atoms with Gasteiger partial charge in [0.2, 0.25) is 0 Å². The Morgan fingerprint density at radius 3 is 2.75 bits per heavy atom. The number of pyridine rings is 2. The standard InChI is InChI=1S/C15H18N4O/c1-5-11-10(15(2,3)4)8-9-12(16-11)6-7-19-13(9)17-18-14(19)20/h6-8H,5H2,1-4H3,(H,18,20). The van der Waals surface area contributed by atoms with Crippen LogP contribution >= 0.6 is 0 Å². The van der Waals surface area contributed by atoms with E-state index in [9.17, 15) is 4.79 Å². The lowest BCUT2D eigenvalue weighted by molar-refractivity contribution is 0.580. The van der Waals surface area contributed by atoms with Crippen LogP contribution in [0, 0.1) is 0 Å². The van der Waals surface area contributed by atoms with Gasteiger partial charge in [0, 0.05) is 17.3 Å². The summed E-state index contributed by atoms with van der Waals surface area (Å²) in [6, 6.07) is 3.99. The summed E-state index contributed by atoms with van der Waals surface area (Å²) < 4.78 is 1.52. The summed E-state index contributed by atoms with van der Waals surface area (Å²) in [7, 11) is 0. The van der Waals surface area contributed by atoms with Crippen LogP contribution < -0.4 is 5.69 Å². The molecule has 0 fully saturated rings. The third kappa shape index (κ3) is 1.81. The van der Waals surface area contributed by atoms with Crippen LogP contribution in [0.3, 0.4) is 0 Å². The van der Waals surface area contributed by atoms with Crippen molar-refractivity contribution in [3.05, 3.63) is 40.1 Å². The first kappa shape index (κ1) is 12.8. The Labute approximate surface area is 116 Å². The van der Waals surface area contributed by atoms with Crippen LogP contribution in [-0.4, -0.2) is 19.6 Å². The molecular weight excluding hydrogens is 252 g/mol. The second-order valence-corrected chi connectivity index (χ2v) is 6.06. The number of aromatic amines is 1. The lowest BCUT2D eigenvalue weighted by atomic mass is 9.84. The lowest BCUT2D eigenvalue weighted by Gasteiger charge is -2.22. The molecule has 0 amide bonds. The maximum absolute atomic E-state index is 11.7. The second-order valence-electron chi connectivity index (χ2n) is 6.06. The molecule has 3 heterocycles. The average molecular weight is 270 g/mol. The van der Waals surface area contributed by atoms with Gasteiger partial charge in [-0.15, -0.1) is 0 Å². The molecule has 3 aromatic rings. The molecule has 104 valence electrons. The molecular formula is C15H18N4O. The van der Waals surface area contributed by atoms with E-state index in [1.54, 1.807) is 6.20 Å². The molecule has 0 spiro atoms. The van der Waals surface area contributed by atoms with Gasteiger partial charge in [0.1, 0.15) is 0 Å². The van der Waals surface area contributed by atoms with E-state index < -0.39 is 0 Å². The van der Waals surface area contributed by atoms with Crippen molar-refractivity contribution >= 4 is 16.6 Å². The topological polar surface area (TPSA) is 63.1 Å². The number of rotatable bonds is 1. The number of aromatic nitrogens is 4. The van der Waals surface area contributed by atoms with Crippen LogP contribution in [0.2, 0.25) is 0 Å². The van der Waals surface area contributed by atoms with Crippen molar-refractivity contribution in [3.63, 3.8) is 0 Å². The van der Waals surface area contributed by atoms with Gasteiger partial charge in [0.15, 0.2) is 5.65 Å². The average Bonchev–Trinajstić information content (AvgIpc) is 2.78. The van der Waals surface area contributed by atoms with E-state index in [2.05, 4.69) is 44.0 Å². The fourth-order valence-electron chi connectivity index (χ4n) is 2.57. The summed E-state index contributed by atoms with van der Waals surface area (Å²) in [5.74, 6) is 0. The first-order chi connectivity index (χ1) is 9.41. The fourth-order valence-corrected chi connectivity index (χ4v) is 2.57. The van der Waals surface area contributed by atoms with Crippen LogP contribution in [0.15, 0.2) is 23.1 Å². The number of hydrogen-bond donors (Lipinski definition) is 1. The van der Waals surface area contributed by atoms with Crippen molar-refractivity contribution in [2.75, 3.05) is 0 Å². The number of nitrogens with one attached hydrogen (secondary N) is 1. The zero-order valence-corrected chi connectivity index (χ0v) is 12.2. The number of nitrogens with zero attached hydrogens (tertiary/aromatic N) is 3. The first-order valence-electron chi connectivity index (χ1n) is 6.81. The predicted octanol–water partition coefficient (Wildman–Crippen LogP) is 2.43. The minimum atomic E-state index is -0.223. The Balaban J connectivity index is 2.46. The van der Waals surface area contributed by atoms with E-state index in [0.717, 1.165) is 23.0 Å². The Kier molecular flexibility index (Phi) is 2.67. The van der Waals surface area contributed by atoms with Gasteiger partial charge in [-0.1, -0.05) is 27.7 Å². The van der Waals surface area contributed by atoms with E-state index >= 15 is 0 Å². The molecule has 3 rings (SSSR count). The van der Waals surface area contributed by atoms with Gasteiger partial charge in [-0.25, -0.2) is 14.3 Å². The molecule has 0 radical (unpaired) electrons. The smallest absolute Gasteiger partial charge is 0.252 e. The van der Waals surface area contributed by atoms with Crippen molar-refractivity contribution in [1.29, 1.82) is 0 Å². The summed E-state index contributed by atoms with van der Waals surface area (Å²) in [5.41, 5.74) is 3.60. The highest BCUT2D eigenvalue weighted by Crippen LogP contribution is 2.29. The third-order valence-electron chi connectivity index (χ3n) is 3.60. The molecule has 3 aromatic heterocycles. The second kappa shape index (κ2) is 4.16. The van der Waals surface area contributed by atoms with Gasteiger partial charge in [-0.3, -0.25) is 4.98 Å². The van der Waals surface area contributed by atoms with Crippen LogP contribution in [0.5, 0.6) is 0 Å². The Bertz CT molecular complexity index is 852. The van der Waals surface area contributed by atoms with Crippen molar-refractivity contribution in [2.45, 2.75) is 39.5 Å². The fraction of sp³-hybridized carbons (Fsp3) is 0.400. The van der Waals surface area contributed by atoms with Crippen molar-refractivity contribution in [3.8, 4) is 0 Å². The van der Waals surface area contributed by atoms with E-state index in [1.165, 1.54) is 9.96 Å². The summed E-state index contributed by atoms with van der Waals surface area (Å²) in [6.07, 6.45) is 2.60. The number of H-pyrrole nitrogens is 1. The van der Waals surface area contributed by atoms with Gasteiger partial charge in [-0.2, -0.15) is 5.10 Å². The van der Waals surface area contributed by atoms with Crippen LogP contribution in [0.4, 0.5) is 0 Å². The highest BCUT2D eigenvalue weighted by Gasteiger charge is 2.20. The molecule has 0 aromatic carbocycles. The molecule has 1 N–H and O–H groups in total. The molecule has 0 saturated heterocycles. The van der Waals surface area contributed by atoms with Gasteiger partial charge in [0.25, 0.3) is 0 Å².